The summed E-state index contributed by atoms with van der Waals surface area (Å²) in [5, 5.41) is 13.5. The molecule has 25 heavy (non-hydrogen) atoms. The first kappa shape index (κ1) is 18.0. The Morgan fingerprint density at radius 3 is 2.64 bits per heavy atom. The topological polar surface area (TPSA) is 35.5 Å². The van der Waals surface area contributed by atoms with Crippen LogP contribution in [0, 0.1) is 11.6 Å². The molecule has 0 bridgehead atoms. The fourth-order valence-corrected chi connectivity index (χ4v) is 3.28. The molecule has 1 aliphatic rings. The zero-order valence-corrected chi connectivity index (χ0v) is 14.4. The van der Waals surface area contributed by atoms with Gasteiger partial charge in [0.05, 0.1) is 6.10 Å². The van der Waals surface area contributed by atoms with E-state index in [4.69, 9.17) is 0 Å². The van der Waals surface area contributed by atoms with Gasteiger partial charge in [-0.1, -0.05) is 30.3 Å². The van der Waals surface area contributed by atoms with E-state index in [2.05, 4.69) is 28.4 Å². The smallest absolute Gasteiger partial charge is 0.159 e. The van der Waals surface area contributed by atoms with Gasteiger partial charge in [-0.15, -0.1) is 0 Å². The third-order valence-electron chi connectivity index (χ3n) is 4.78. The lowest BCUT2D eigenvalue weighted by atomic mass is 10.00. The lowest BCUT2D eigenvalue weighted by Crippen LogP contribution is -2.41. The molecular weight excluding hydrogens is 322 g/mol. The largest absolute Gasteiger partial charge is 0.390 e. The summed E-state index contributed by atoms with van der Waals surface area (Å²) in [7, 11) is 0. The molecule has 3 rings (SSSR count). The molecule has 2 N–H and O–H groups in total. The molecule has 3 nitrogen and oxygen atoms in total. The van der Waals surface area contributed by atoms with Crippen molar-refractivity contribution in [2.24, 2.45) is 0 Å². The van der Waals surface area contributed by atoms with Gasteiger partial charge in [0.2, 0.25) is 0 Å². The Bertz CT molecular complexity index is 723. The molecule has 0 spiro atoms. The maximum Gasteiger partial charge on any atom is 0.159 e. The minimum Gasteiger partial charge on any atom is -0.390 e. The normalized spacial score (nSPS) is 17.1. The van der Waals surface area contributed by atoms with Crippen molar-refractivity contribution in [3.05, 3.63) is 70.8 Å². The van der Waals surface area contributed by atoms with E-state index in [1.807, 2.05) is 13.0 Å². The van der Waals surface area contributed by atoms with Gasteiger partial charge in [-0.25, -0.2) is 8.78 Å². The van der Waals surface area contributed by atoms with Crippen LogP contribution in [0.15, 0.2) is 42.5 Å². The van der Waals surface area contributed by atoms with Crippen LogP contribution in [0.4, 0.5) is 8.78 Å². The molecule has 0 fully saturated rings. The van der Waals surface area contributed by atoms with Gasteiger partial charge in [-0.05, 0) is 42.2 Å². The first-order valence-corrected chi connectivity index (χ1v) is 8.68. The van der Waals surface area contributed by atoms with Crippen LogP contribution in [0.5, 0.6) is 0 Å². The third-order valence-corrected chi connectivity index (χ3v) is 4.78. The molecule has 1 heterocycles. The summed E-state index contributed by atoms with van der Waals surface area (Å²) in [5.41, 5.74) is 3.38. The predicted octanol–water partition coefficient (Wildman–Crippen LogP) is 3.03. The number of aliphatic hydroxyl groups is 1. The number of nitrogens with zero attached hydrogens (tertiary/aromatic N) is 1. The van der Waals surface area contributed by atoms with Gasteiger partial charge in [-0.2, -0.15) is 0 Å². The number of benzene rings is 2. The summed E-state index contributed by atoms with van der Waals surface area (Å²) in [6.07, 6.45) is 0.486. The van der Waals surface area contributed by atoms with Gasteiger partial charge in [0.25, 0.3) is 0 Å². The molecule has 0 amide bonds. The van der Waals surface area contributed by atoms with Crippen molar-refractivity contribution < 1.29 is 13.9 Å². The second-order valence-corrected chi connectivity index (χ2v) is 6.71. The molecule has 0 aromatic heterocycles. The minimum absolute atomic E-state index is 0.160. The predicted molar refractivity (Wildman–Crippen MR) is 94.2 cm³/mol. The highest BCUT2D eigenvalue weighted by Gasteiger charge is 2.19. The number of halogens is 2. The molecule has 0 aliphatic carbocycles. The van der Waals surface area contributed by atoms with E-state index < -0.39 is 17.7 Å². The highest BCUT2D eigenvalue weighted by Crippen LogP contribution is 2.19. The van der Waals surface area contributed by atoms with Gasteiger partial charge in [0, 0.05) is 32.2 Å². The zero-order chi connectivity index (χ0) is 17.8. The highest BCUT2D eigenvalue weighted by atomic mass is 19.2. The van der Waals surface area contributed by atoms with Crippen LogP contribution in [-0.2, 0) is 13.0 Å². The molecule has 1 aliphatic heterocycles. The van der Waals surface area contributed by atoms with E-state index in [0.29, 0.717) is 18.7 Å². The van der Waals surface area contributed by atoms with Crippen molar-refractivity contribution in [1.29, 1.82) is 0 Å². The maximum absolute atomic E-state index is 13.3. The second-order valence-electron chi connectivity index (χ2n) is 6.71. The fourth-order valence-electron chi connectivity index (χ4n) is 3.28. The number of β-amino-alcohol motifs (C(OH)–C–C–N with tert-alkyl or cyclic N) is 1. The molecule has 134 valence electrons. The number of rotatable bonds is 6. The standard InChI is InChI=1S/C20H24F2N2O/c1-14(16-6-7-19(21)20(22)10-16)23-11-18(25)13-24-9-8-15-4-2-3-5-17(15)12-24/h2-7,10,14,18,23,25H,8-9,11-13H2,1H3. The number of aliphatic hydroxyl groups excluding tert-OH is 1. The van der Waals surface area contributed by atoms with Crippen molar-refractivity contribution in [2.75, 3.05) is 19.6 Å². The summed E-state index contributed by atoms with van der Waals surface area (Å²) in [6, 6.07) is 12.1. The van der Waals surface area contributed by atoms with Crippen LogP contribution >= 0.6 is 0 Å². The lowest BCUT2D eigenvalue weighted by molar-refractivity contribution is 0.102. The Morgan fingerprint density at radius 1 is 1.12 bits per heavy atom. The van der Waals surface area contributed by atoms with Crippen LogP contribution in [0.2, 0.25) is 0 Å². The van der Waals surface area contributed by atoms with Gasteiger partial charge >= 0.3 is 0 Å². The Labute approximate surface area is 147 Å². The third kappa shape index (κ3) is 4.63. The summed E-state index contributed by atoms with van der Waals surface area (Å²) in [5.74, 6) is -1.69. The first-order chi connectivity index (χ1) is 12.0. The van der Waals surface area contributed by atoms with Crippen molar-refractivity contribution in [3.8, 4) is 0 Å². The van der Waals surface area contributed by atoms with E-state index in [1.54, 1.807) is 6.07 Å². The summed E-state index contributed by atoms with van der Waals surface area (Å²) >= 11 is 0. The average Bonchev–Trinajstić information content (AvgIpc) is 2.62. The van der Waals surface area contributed by atoms with E-state index in [-0.39, 0.29) is 6.04 Å². The number of hydrogen-bond donors (Lipinski definition) is 2. The quantitative estimate of drug-likeness (QED) is 0.844. The molecule has 0 radical (unpaired) electrons. The van der Waals surface area contributed by atoms with Crippen LogP contribution in [0.3, 0.4) is 0 Å². The average molecular weight is 346 g/mol. The second kappa shape index (κ2) is 8.04. The molecule has 2 atom stereocenters. The van der Waals surface area contributed by atoms with Crippen LogP contribution < -0.4 is 5.32 Å². The first-order valence-electron chi connectivity index (χ1n) is 8.68. The van der Waals surface area contributed by atoms with Gasteiger partial charge in [0.1, 0.15) is 0 Å². The SMILES string of the molecule is CC(NCC(O)CN1CCc2ccccc2C1)c1ccc(F)c(F)c1. The Morgan fingerprint density at radius 2 is 1.88 bits per heavy atom. The Kier molecular flexibility index (Phi) is 5.78. The summed E-state index contributed by atoms with van der Waals surface area (Å²) in [4.78, 5) is 2.25. The van der Waals surface area contributed by atoms with Crippen LogP contribution in [-0.4, -0.2) is 35.7 Å². The molecule has 2 unspecified atom stereocenters. The van der Waals surface area contributed by atoms with Crippen molar-refractivity contribution in [2.45, 2.75) is 32.0 Å². The lowest BCUT2D eigenvalue weighted by Gasteiger charge is -2.30. The van der Waals surface area contributed by atoms with Crippen molar-refractivity contribution in [1.82, 2.24) is 10.2 Å². The zero-order valence-electron chi connectivity index (χ0n) is 14.4. The van der Waals surface area contributed by atoms with E-state index in [9.17, 15) is 13.9 Å². The fraction of sp³-hybridized carbons (Fsp3) is 0.400. The van der Waals surface area contributed by atoms with E-state index in [0.717, 1.165) is 25.6 Å². The summed E-state index contributed by atoms with van der Waals surface area (Å²) < 4.78 is 26.3. The van der Waals surface area contributed by atoms with Crippen molar-refractivity contribution >= 4 is 0 Å². The van der Waals surface area contributed by atoms with Crippen LogP contribution in [0.25, 0.3) is 0 Å². The van der Waals surface area contributed by atoms with E-state index >= 15 is 0 Å². The Balaban J connectivity index is 1.48. The van der Waals surface area contributed by atoms with Gasteiger partial charge in [0.15, 0.2) is 11.6 Å². The molecule has 2 aromatic rings. The molecule has 0 saturated carbocycles. The molecule has 2 aromatic carbocycles. The monoisotopic (exact) mass is 346 g/mol. The number of fused-ring (bicyclic) bond motifs is 1. The molecule has 5 heteroatoms. The maximum atomic E-state index is 13.3. The van der Waals surface area contributed by atoms with Crippen LogP contribution in [0.1, 0.15) is 29.7 Å². The van der Waals surface area contributed by atoms with Gasteiger partial charge < -0.3 is 10.4 Å². The highest BCUT2D eigenvalue weighted by molar-refractivity contribution is 5.29. The van der Waals surface area contributed by atoms with Gasteiger partial charge in [-0.3, -0.25) is 4.90 Å². The molecule has 0 saturated heterocycles. The van der Waals surface area contributed by atoms with E-state index in [1.165, 1.54) is 17.2 Å². The number of nitrogens with one attached hydrogen (secondary N) is 1. The van der Waals surface area contributed by atoms with Crippen molar-refractivity contribution in [3.63, 3.8) is 0 Å². The molecular formula is C20H24F2N2O. The number of hydrogen-bond acceptors (Lipinski definition) is 3. The summed E-state index contributed by atoms with van der Waals surface area (Å²) in [6.45, 7) is 4.65. The Hall–Kier alpha value is -1.82. The minimum atomic E-state index is -0.848.